The number of piperidine rings is 1. The third-order valence-corrected chi connectivity index (χ3v) is 4.43. The fourth-order valence-electron chi connectivity index (χ4n) is 2.82. The van der Waals surface area contributed by atoms with Gasteiger partial charge >= 0.3 is 12.0 Å². The summed E-state index contributed by atoms with van der Waals surface area (Å²) >= 11 is 0. The van der Waals surface area contributed by atoms with Gasteiger partial charge in [0.25, 0.3) is 0 Å². The molecule has 0 aliphatic carbocycles. The molecule has 1 saturated heterocycles. The van der Waals surface area contributed by atoms with Crippen molar-refractivity contribution in [3.8, 4) is 0 Å². The van der Waals surface area contributed by atoms with Crippen molar-refractivity contribution in [2.75, 3.05) is 26.2 Å². The van der Waals surface area contributed by atoms with E-state index >= 15 is 0 Å². The van der Waals surface area contributed by atoms with Crippen LogP contribution in [0.5, 0.6) is 0 Å². The standard InChI is InChI=1S/C17H31N3O4/c1-5-13(4)20(11-15(21)22)16(23)14-7-6-8-19(10-14)17(24)18-9-12(2)3/h12-14H,5-11H2,1-4H3,(H,18,24)(H,21,22). The van der Waals surface area contributed by atoms with Crippen LogP contribution in [0.2, 0.25) is 0 Å². The topological polar surface area (TPSA) is 90.0 Å². The van der Waals surface area contributed by atoms with Crippen LogP contribution < -0.4 is 5.32 Å². The van der Waals surface area contributed by atoms with Crippen LogP contribution in [0.1, 0.15) is 47.0 Å². The summed E-state index contributed by atoms with van der Waals surface area (Å²) in [7, 11) is 0. The molecule has 138 valence electrons. The van der Waals surface area contributed by atoms with Gasteiger partial charge in [-0.15, -0.1) is 0 Å². The van der Waals surface area contributed by atoms with E-state index in [0.717, 1.165) is 6.42 Å². The summed E-state index contributed by atoms with van der Waals surface area (Å²) in [5.41, 5.74) is 0. The average Bonchev–Trinajstić information content (AvgIpc) is 2.56. The lowest BCUT2D eigenvalue weighted by atomic mass is 9.96. The second-order valence-corrected chi connectivity index (χ2v) is 6.98. The highest BCUT2D eigenvalue weighted by Gasteiger charge is 2.33. The van der Waals surface area contributed by atoms with Crippen molar-refractivity contribution < 1.29 is 19.5 Å². The second-order valence-electron chi connectivity index (χ2n) is 6.98. The summed E-state index contributed by atoms with van der Waals surface area (Å²) in [6, 6.07) is -0.270. The largest absolute Gasteiger partial charge is 0.480 e. The van der Waals surface area contributed by atoms with Crippen LogP contribution in [-0.4, -0.2) is 65.0 Å². The minimum Gasteiger partial charge on any atom is -0.480 e. The van der Waals surface area contributed by atoms with Crippen molar-refractivity contribution in [3.05, 3.63) is 0 Å². The number of amides is 3. The molecule has 0 aromatic rings. The van der Waals surface area contributed by atoms with Crippen molar-refractivity contribution >= 4 is 17.9 Å². The van der Waals surface area contributed by atoms with E-state index < -0.39 is 5.97 Å². The number of carbonyl (C=O) groups is 3. The molecular weight excluding hydrogens is 310 g/mol. The number of nitrogens with one attached hydrogen (secondary N) is 1. The molecule has 0 spiro atoms. The molecule has 7 heteroatoms. The molecule has 0 saturated carbocycles. The fraction of sp³-hybridized carbons (Fsp3) is 0.824. The van der Waals surface area contributed by atoms with E-state index in [4.69, 9.17) is 5.11 Å². The highest BCUT2D eigenvalue weighted by atomic mass is 16.4. The van der Waals surface area contributed by atoms with Crippen molar-refractivity contribution in [3.63, 3.8) is 0 Å². The second kappa shape index (κ2) is 9.49. The Morgan fingerprint density at radius 2 is 1.96 bits per heavy atom. The molecule has 0 radical (unpaired) electrons. The number of rotatable bonds is 7. The Bertz CT molecular complexity index is 453. The molecular formula is C17H31N3O4. The van der Waals surface area contributed by atoms with Crippen LogP contribution in [0.4, 0.5) is 4.79 Å². The highest BCUT2D eigenvalue weighted by molar-refractivity contribution is 5.84. The fourth-order valence-corrected chi connectivity index (χ4v) is 2.82. The summed E-state index contributed by atoms with van der Waals surface area (Å²) in [6.07, 6.45) is 2.15. The monoisotopic (exact) mass is 341 g/mol. The highest BCUT2D eigenvalue weighted by Crippen LogP contribution is 2.21. The summed E-state index contributed by atoms with van der Waals surface area (Å²) in [5.74, 6) is -1.12. The van der Waals surface area contributed by atoms with Gasteiger partial charge in [0, 0.05) is 25.7 Å². The zero-order valence-corrected chi connectivity index (χ0v) is 15.2. The quantitative estimate of drug-likeness (QED) is 0.738. The van der Waals surface area contributed by atoms with Gasteiger partial charge in [-0.2, -0.15) is 0 Å². The lowest BCUT2D eigenvalue weighted by Gasteiger charge is -2.36. The van der Waals surface area contributed by atoms with Crippen molar-refractivity contribution in [1.29, 1.82) is 0 Å². The first-order chi connectivity index (χ1) is 11.3. The Morgan fingerprint density at radius 3 is 2.50 bits per heavy atom. The van der Waals surface area contributed by atoms with Gasteiger partial charge in [-0.3, -0.25) is 9.59 Å². The lowest BCUT2D eigenvalue weighted by molar-refractivity contribution is -0.148. The van der Waals surface area contributed by atoms with E-state index in [9.17, 15) is 14.4 Å². The van der Waals surface area contributed by atoms with Gasteiger partial charge in [0.2, 0.25) is 5.91 Å². The maximum Gasteiger partial charge on any atom is 0.323 e. The van der Waals surface area contributed by atoms with Crippen LogP contribution in [0.25, 0.3) is 0 Å². The third-order valence-electron chi connectivity index (χ3n) is 4.43. The van der Waals surface area contributed by atoms with Crippen molar-refractivity contribution in [2.24, 2.45) is 11.8 Å². The predicted octanol–water partition coefficient (Wildman–Crippen LogP) is 1.78. The van der Waals surface area contributed by atoms with Gasteiger partial charge in [0.1, 0.15) is 6.54 Å². The molecule has 2 N–H and O–H groups in total. The molecule has 2 atom stereocenters. The van der Waals surface area contributed by atoms with E-state index in [1.165, 1.54) is 4.90 Å². The van der Waals surface area contributed by atoms with Crippen LogP contribution in [-0.2, 0) is 9.59 Å². The predicted molar refractivity (Wildman–Crippen MR) is 91.6 cm³/mol. The molecule has 1 heterocycles. The van der Waals surface area contributed by atoms with E-state index in [1.54, 1.807) is 4.90 Å². The van der Waals surface area contributed by atoms with Crippen LogP contribution in [0.3, 0.4) is 0 Å². The Balaban J connectivity index is 2.71. The van der Waals surface area contributed by atoms with Crippen LogP contribution >= 0.6 is 0 Å². The number of urea groups is 1. The molecule has 1 aliphatic rings. The zero-order valence-electron chi connectivity index (χ0n) is 15.2. The summed E-state index contributed by atoms with van der Waals surface area (Å²) < 4.78 is 0. The van der Waals surface area contributed by atoms with Gasteiger partial charge in [0.05, 0.1) is 5.92 Å². The number of hydrogen-bond acceptors (Lipinski definition) is 3. The van der Waals surface area contributed by atoms with Crippen molar-refractivity contribution in [1.82, 2.24) is 15.1 Å². The first-order valence-corrected chi connectivity index (χ1v) is 8.81. The van der Waals surface area contributed by atoms with Crippen molar-refractivity contribution in [2.45, 2.75) is 53.0 Å². The smallest absolute Gasteiger partial charge is 0.323 e. The molecule has 0 bridgehead atoms. The minimum absolute atomic E-state index is 0.126. The molecule has 0 aromatic heterocycles. The maximum atomic E-state index is 12.8. The van der Waals surface area contributed by atoms with Crippen LogP contribution in [0, 0.1) is 11.8 Å². The normalized spacial score (nSPS) is 19.0. The molecule has 7 nitrogen and oxygen atoms in total. The van der Waals surface area contributed by atoms with Gasteiger partial charge in [-0.25, -0.2) is 4.79 Å². The molecule has 1 aliphatic heterocycles. The zero-order chi connectivity index (χ0) is 18.3. The minimum atomic E-state index is -1.01. The van der Waals surface area contributed by atoms with Gasteiger partial charge < -0.3 is 20.2 Å². The lowest BCUT2D eigenvalue weighted by Crippen LogP contribution is -2.52. The molecule has 24 heavy (non-hydrogen) atoms. The maximum absolute atomic E-state index is 12.8. The number of hydrogen-bond donors (Lipinski definition) is 2. The number of carboxylic acids is 1. The third kappa shape index (κ3) is 6.02. The molecule has 3 amide bonds. The summed E-state index contributed by atoms with van der Waals surface area (Å²) in [5, 5.41) is 11.9. The summed E-state index contributed by atoms with van der Waals surface area (Å²) in [6.45, 7) is 9.15. The number of nitrogens with zero attached hydrogens (tertiary/aromatic N) is 2. The van der Waals surface area contributed by atoms with Gasteiger partial charge in [0.15, 0.2) is 0 Å². The Kier molecular flexibility index (Phi) is 8.01. The number of aliphatic carboxylic acids is 1. The van der Waals surface area contributed by atoms with E-state index in [2.05, 4.69) is 5.32 Å². The first-order valence-electron chi connectivity index (χ1n) is 8.81. The van der Waals surface area contributed by atoms with E-state index in [1.807, 2.05) is 27.7 Å². The van der Waals surface area contributed by atoms with Gasteiger partial charge in [-0.05, 0) is 32.1 Å². The summed E-state index contributed by atoms with van der Waals surface area (Å²) in [4.78, 5) is 39.2. The Hall–Kier alpha value is -1.79. The number of likely N-dealkylation sites (tertiary alicyclic amines) is 1. The molecule has 1 fully saturated rings. The van der Waals surface area contributed by atoms with E-state index in [-0.39, 0.29) is 30.4 Å². The average molecular weight is 341 g/mol. The molecule has 0 aromatic carbocycles. The van der Waals surface area contributed by atoms with Crippen LogP contribution in [0.15, 0.2) is 0 Å². The first kappa shape index (κ1) is 20.3. The Labute approximate surface area is 144 Å². The number of carbonyl (C=O) groups excluding carboxylic acids is 2. The van der Waals surface area contributed by atoms with Gasteiger partial charge in [-0.1, -0.05) is 20.8 Å². The molecule has 1 rings (SSSR count). The number of carboxylic acid groups (broad SMARTS) is 1. The Morgan fingerprint density at radius 1 is 1.29 bits per heavy atom. The molecule has 2 unspecified atom stereocenters. The van der Waals surface area contributed by atoms with E-state index in [0.29, 0.717) is 38.4 Å². The SMILES string of the molecule is CCC(C)N(CC(=O)O)C(=O)C1CCCN(C(=O)NCC(C)C)C1.